The highest BCUT2D eigenvalue weighted by molar-refractivity contribution is 5.81. The number of carbonyl (C=O) groups excluding carboxylic acids is 2. The number of hydrogen-bond donors (Lipinski definition) is 1. The second-order valence-electron chi connectivity index (χ2n) is 5.96. The molecule has 2 aromatic rings. The van der Waals surface area contributed by atoms with Crippen molar-refractivity contribution in [2.75, 3.05) is 6.61 Å². The Kier molecular flexibility index (Phi) is 7.14. The lowest BCUT2D eigenvalue weighted by Crippen LogP contribution is -2.36. The number of ether oxygens (including phenoxy) is 1. The predicted molar refractivity (Wildman–Crippen MR) is 93.4 cm³/mol. The van der Waals surface area contributed by atoms with Crippen LogP contribution in [0.25, 0.3) is 0 Å². The lowest BCUT2D eigenvalue weighted by atomic mass is 10.1. The van der Waals surface area contributed by atoms with Crippen molar-refractivity contribution in [3.05, 3.63) is 71.5 Å². The summed E-state index contributed by atoms with van der Waals surface area (Å²) in [5.41, 5.74) is 1.73. The van der Waals surface area contributed by atoms with Crippen LogP contribution in [-0.4, -0.2) is 24.5 Å². The fourth-order valence-electron chi connectivity index (χ4n) is 2.43. The molecule has 25 heavy (non-hydrogen) atoms. The summed E-state index contributed by atoms with van der Waals surface area (Å²) in [6, 6.07) is 15.7. The number of benzene rings is 2. The number of halogens is 1. The zero-order valence-corrected chi connectivity index (χ0v) is 14.2. The Labute approximate surface area is 147 Å². The minimum Gasteiger partial charge on any atom is -0.455 e. The predicted octanol–water partition coefficient (Wildman–Crippen LogP) is 3.05. The smallest absolute Gasteiger partial charge is 0.310 e. The van der Waals surface area contributed by atoms with Gasteiger partial charge in [0.25, 0.3) is 5.91 Å². The molecule has 0 heterocycles. The average molecular weight is 343 g/mol. The maximum Gasteiger partial charge on any atom is 0.310 e. The van der Waals surface area contributed by atoms with Gasteiger partial charge in [-0.1, -0.05) is 42.5 Å². The largest absolute Gasteiger partial charge is 0.455 e. The Morgan fingerprint density at radius 1 is 1.08 bits per heavy atom. The quantitative estimate of drug-likeness (QED) is 0.750. The van der Waals surface area contributed by atoms with Gasteiger partial charge in [0, 0.05) is 6.04 Å². The number of nitrogens with one attached hydrogen (secondary N) is 1. The van der Waals surface area contributed by atoms with E-state index in [-0.39, 0.29) is 25.0 Å². The van der Waals surface area contributed by atoms with Crippen molar-refractivity contribution in [3.8, 4) is 0 Å². The van der Waals surface area contributed by atoms with Gasteiger partial charge in [-0.3, -0.25) is 9.59 Å². The Hall–Kier alpha value is -2.69. The molecular formula is C20H22FNO3. The molecule has 132 valence electrons. The van der Waals surface area contributed by atoms with Crippen molar-refractivity contribution in [3.63, 3.8) is 0 Å². The molecule has 0 aliphatic carbocycles. The monoisotopic (exact) mass is 343 g/mol. The number of aryl methyl sites for hydroxylation is 1. The first kappa shape index (κ1) is 18.6. The Morgan fingerprint density at radius 2 is 1.80 bits per heavy atom. The minimum absolute atomic E-state index is 0.0189. The van der Waals surface area contributed by atoms with Crippen LogP contribution in [0.4, 0.5) is 4.39 Å². The van der Waals surface area contributed by atoms with Gasteiger partial charge in [0.2, 0.25) is 0 Å². The highest BCUT2D eigenvalue weighted by atomic mass is 19.1. The third-order valence-corrected chi connectivity index (χ3v) is 3.72. The molecule has 0 aliphatic rings. The van der Waals surface area contributed by atoms with Crippen LogP contribution in [0.2, 0.25) is 0 Å². The number of amides is 1. The van der Waals surface area contributed by atoms with Gasteiger partial charge in [-0.05, 0) is 43.0 Å². The van der Waals surface area contributed by atoms with Crippen molar-refractivity contribution in [2.45, 2.75) is 32.2 Å². The number of carbonyl (C=O) groups is 2. The van der Waals surface area contributed by atoms with Crippen molar-refractivity contribution >= 4 is 11.9 Å². The third kappa shape index (κ3) is 7.16. The summed E-state index contributed by atoms with van der Waals surface area (Å²) >= 11 is 0. The molecule has 0 saturated carbocycles. The van der Waals surface area contributed by atoms with Crippen molar-refractivity contribution < 1.29 is 18.7 Å². The van der Waals surface area contributed by atoms with Crippen molar-refractivity contribution in [1.29, 1.82) is 0 Å². The second kappa shape index (κ2) is 9.57. The maximum atomic E-state index is 13.1. The Bertz CT molecular complexity index is 703. The molecule has 0 spiro atoms. The van der Waals surface area contributed by atoms with Crippen LogP contribution in [0.1, 0.15) is 24.5 Å². The topological polar surface area (TPSA) is 55.4 Å². The van der Waals surface area contributed by atoms with E-state index in [0.717, 1.165) is 12.8 Å². The summed E-state index contributed by atoms with van der Waals surface area (Å²) in [5, 5.41) is 2.80. The zero-order chi connectivity index (χ0) is 18.1. The molecule has 0 aliphatic heterocycles. The van der Waals surface area contributed by atoms with E-state index in [1.807, 2.05) is 37.3 Å². The van der Waals surface area contributed by atoms with E-state index < -0.39 is 11.8 Å². The molecule has 0 fully saturated rings. The highest BCUT2D eigenvalue weighted by Crippen LogP contribution is 2.06. The molecule has 0 aromatic heterocycles. The summed E-state index contributed by atoms with van der Waals surface area (Å²) < 4.78 is 18.0. The molecular weight excluding hydrogens is 321 g/mol. The average Bonchev–Trinajstić information content (AvgIpc) is 2.59. The maximum absolute atomic E-state index is 13.1. The first-order valence-electron chi connectivity index (χ1n) is 8.26. The molecule has 1 amide bonds. The molecule has 1 unspecified atom stereocenters. The highest BCUT2D eigenvalue weighted by Gasteiger charge is 2.11. The fraction of sp³-hybridized carbons (Fsp3) is 0.300. The summed E-state index contributed by atoms with van der Waals surface area (Å²) in [7, 11) is 0. The zero-order valence-electron chi connectivity index (χ0n) is 14.2. The van der Waals surface area contributed by atoms with Gasteiger partial charge in [-0.15, -0.1) is 0 Å². The second-order valence-corrected chi connectivity index (χ2v) is 5.96. The van der Waals surface area contributed by atoms with Crippen LogP contribution in [0.5, 0.6) is 0 Å². The Balaban J connectivity index is 1.66. The van der Waals surface area contributed by atoms with E-state index >= 15 is 0 Å². The van der Waals surface area contributed by atoms with E-state index in [0.29, 0.717) is 5.56 Å². The molecule has 4 nitrogen and oxygen atoms in total. The number of esters is 1. The Morgan fingerprint density at radius 3 is 2.52 bits per heavy atom. The third-order valence-electron chi connectivity index (χ3n) is 3.72. The first-order chi connectivity index (χ1) is 12.0. The molecule has 2 aromatic carbocycles. The SMILES string of the molecule is CC(CCc1ccccc1)NC(=O)COC(=O)Cc1cccc(F)c1. The minimum atomic E-state index is -0.558. The van der Waals surface area contributed by atoms with E-state index in [1.165, 1.54) is 23.8 Å². The van der Waals surface area contributed by atoms with Gasteiger partial charge in [0.1, 0.15) is 5.82 Å². The summed E-state index contributed by atoms with van der Waals surface area (Å²) in [6.07, 6.45) is 1.60. The number of hydrogen-bond acceptors (Lipinski definition) is 3. The van der Waals surface area contributed by atoms with E-state index in [2.05, 4.69) is 5.32 Å². The number of rotatable bonds is 8. The molecule has 1 atom stereocenters. The molecule has 1 N–H and O–H groups in total. The van der Waals surface area contributed by atoms with Crippen LogP contribution in [-0.2, 0) is 27.2 Å². The van der Waals surface area contributed by atoms with Crippen LogP contribution < -0.4 is 5.32 Å². The molecule has 0 radical (unpaired) electrons. The first-order valence-corrected chi connectivity index (χ1v) is 8.26. The lowest BCUT2D eigenvalue weighted by molar-refractivity contribution is -0.148. The molecule has 2 rings (SSSR count). The van der Waals surface area contributed by atoms with Crippen LogP contribution >= 0.6 is 0 Å². The normalized spacial score (nSPS) is 11.6. The summed E-state index contributed by atoms with van der Waals surface area (Å²) in [6.45, 7) is 1.58. The fourth-order valence-corrected chi connectivity index (χ4v) is 2.43. The van der Waals surface area contributed by atoms with Crippen molar-refractivity contribution in [2.24, 2.45) is 0 Å². The van der Waals surface area contributed by atoms with E-state index in [9.17, 15) is 14.0 Å². The van der Waals surface area contributed by atoms with Crippen LogP contribution in [0, 0.1) is 5.82 Å². The van der Waals surface area contributed by atoms with Gasteiger partial charge < -0.3 is 10.1 Å². The van der Waals surface area contributed by atoms with Crippen molar-refractivity contribution in [1.82, 2.24) is 5.32 Å². The van der Waals surface area contributed by atoms with Gasteiger partial charge in [-0.25, -0.2) is 4.39 Å². The summed E-state index contributed by atoms with van der Waals surface area (Å²) in [5.74, 6) is -1.30. The van der Waals surface area contributed by atoms with Gasteiger partial charge in [-0.2, -0.15) is 0 Å². The standard InChI is InChI=1S/C20H22FNO3/c1-15(10-11-16-6-3-2-4-7-16)22-19(23)14-25-20(24)13-17-8-5-9-18(21)12-17/h2-9,12,15H,10-11,13-14H2,1H3,(H,22,23). The van der Waals surface area contributed by atoms with Crippen LogP contribution in [0.3, 0.4) is 0 Å². The molecule has 0 saturated heterocycles. The molecule has 5 heteroatoms. The van der Waals surface area contributed by atoms with Crippen LogP contribution in [0.15, 0.2) is 54.6 Å². The van der Waals surface area contributed by atoms with Gasteiger partial charge >= 0.3 is 5.97 Å². The van der Waals surface area contributed by atoms with Gasteiger partial charge in [0.15, 0.2) is 6.61 Å². The molecule has 0 bridgehead atoms. The van der Waals surface area contributed by atoms with Gasteiger partial charge in [0.05, 0.1) is 6.42 Å². The van der Waals surface area contributed by atoms with E-state index in [1.54, 1.807) is 6.07 Å². The van der Waals surface area contributed by atoms with E-state index in [4.69, 9.17) is 4.74 Å². The lowest BCUT2D eigenvalue weighted by Gasteiger charge is -2.14. The summed E-state index contributed by atoms with van der Waals surface area (Å²) in [4.78, 5) is 23.5.